The molecule has 2 nitrogen and oxygen atoms in total. The first-order valence-electron chi connectivity index (χ1n) is 5.61. The first kappa shape index (κ1) is 9.13. The fraction of sp³-hybridized carbons (Fsp3) is 0.385. The van der Waals surface area contributed by atoms with Crippen molar-refractivity contribution >= 4 is 0 Å². The lowest BCUT2D eigenvalue weighted by Crippen LogP contribution is -2.34. The Morgan fingerprint density at radius 3 is 1.47 bits per heavy atom. The van der Waals surface area contributed by atoms with Crippen molar-refractivity contribution in [2.45, 2.75) is 12.1 Å². The summed E-state index contributed by atoms with van der Waals surface area (Å²) in [6.07, 6.45) is 17.6. The lowest BCUT2D eigenvalue weighted by Gasteiger charge is -2.23. The van der Waals surface area contributed by atoms with Crippen molar-refractivity contribution < 1.29 is 0 Å². The molecule has 1 saturated heterocycles. The maximum atomic E-state index is 2.51. The van der Waals surface area contributed by atoms with E-state index in [-0.39, 0.29) is 0 Å². The molecule has 0 atom stereocenters. The summed E-state index contributed by atoms with van der Waals surface area (Å²) in [5.74, 6) is 0. The molecule has 0 amide bonds. The zero-order valence-electron chi connectivity index (χ0n) is 8.79. The Bertz CT molecular complexity index is 294. The molecule has 78 valence electrons. The molecule has 0 aromatic carbocycles. The van der Waals surface area contributed by atoms with Gasteiger partial charge in [-0.15, -0.1) is 0 Å². The summed E-state index contributed by atoms with van der Waals surface area (Å²) >= 11 is 0. The average molecular weight is 200 g/mol. The topological polar surface area (TPSA) is 6.48 Å². The molecule has 3 rings (SSSR count). The molecule has 1 aliphatic heterocycles. The lowest BCUT2D eigenvalue weighted by molar-refractivity contribution is 0.230. The van der Waals surface area contributed by atoms with Crippen LogP contribution in [0, 0.1) is 0 Å². The molecular formula is C13H16N2. The minimum Gasteiger partial charge on any atom is -0.279 e. The van der Waals surface area contributed by atoms with Gasteiger partial charge in [-0.3, -0.25) is 9.80 Å². The van der Waals surface area contributed by atoms with Gasteiger partial charge in [0.15, 0.2) is 0 Å². The van der Waals surface area contributed by atoms with Crippen LogP contribution in [-0.4, -0.2) is 41.6 Å². The molecule has 15 heavy (non-hydrogen) atoms. The Labute approximate surface area is 90.9 Å². The molecule has 0 saturated carbocycles. The monoisotopic (exact) mass is 200 g/mol. The molecule has 3 aliphatic rings. The molecule has 0 radical (unpaired) electrons. The van der Waals surface area contributed by atoms with Gasteiger partial charge in [0.1, 0.15) is 0 Å². The maximum Gasteiger partial charge on any atom is 0.0523 e. The highest BCUT2D eigenvalue weighted by Gasteiger charge is 2.27. The first-order chi connectivity index (χ1) is 7.43. The highest BCUT2D eigenvalue weighted by atomic mass is 15.4. The molecule has 0 spiro atoms. The Morgan fingerprint density at radius 2 is 1.07 bits per heavy atom. The van der Waals surface area contributed by atoms with Crippen LogP contribution in [0.3, 0.4) is 0 Å². The molecule has 2 aliphatic carbocycles. The molecule has 1 heterocycles. The first-order valence-corrected chi connectivity index (χ1v) is 5.61. The summed E-state index contributed by atoms with van der Waals surface area (Å²) in [4.78, 5) is 5.03. The van der Waals surface area contributed by atoms with Crippen molar-refractivity contribution in [3.05, 3.63) is 48.6 Å². The summed E-state index contributed by atoms with van der Waals surface area (Å²) in [5, 5.41) is 0. The summed E-state index contributed by atoms with van der Waals surface area (Å²) in [7, 11) is 0. The fourth-order valence-electron chi connectivity index (χ4n) is 2.45. The highest BCUT2D eigenvalue weighted by molar-refractivity contribution is 5.24. The number of hydrogen-bond acceptors (Lipinski definition) is 2. The quantitative estimate of drug-likeness (QED) is 0.667. The van der Waals surface area contributed by atoms with Gasteiger partial charge < -0.3 is 0 Å². The van der Waals surface area contributed by atoms with E-state index in [1.807, 2.05) is 0 Å². The second kappa shape index (κ2) is 3.80. The Morgan fingerprint density at radius 1 is 0.667 bits per heavy atom. The van der Waals surface area contributed by atoms with E-state index < -0.39 is 0 Å². The highest BCUT2D eigenvalue weighted by Crippen LogP contribution is 2.19. The Balaban J connectivity index is 1.63. The lowest BCUT2D eigenvalue weighted by atomic mass is 10.3. The van der Waals surface area contributed by atoms with Gasteiger partial charge in [-0.25, -0.2) is 0 Å². The van der Waals surface area contributed by atoms with Crippen molar-refractivity contribution in [1.29, 1.82) is 0 Å². The van der Waals surface area contributed by atoms with E-state index in [0.717, 1.165) is 6.67 Å². The predicted octanol–water partition coefficient (Wildman–Crippen LogP) is 1.55. The van der Waals surface area contributed by atoms with Crippen LogP contribution >= 0.6 is 0 Å². The molecule has 0 aromatic rings. The normalized spacial score (nSPS) is 27.7. The third-order valence-electron chi connectivity index (χ3n) is 3.34. The van der Waals surface area contributed by atoms with Gasteiger partial charge in [-0.1, -0.05) is 48.6 Å². The smallest absolute Gasteiger partial charge is 0.0523 e. The van der Waals surface area contributed by atoms with E-state index in [0.29, 0.717) is 12.1 Å². The molecule has 1 fully saturated rings. The average Bonchev–Trinajstić information content (AvgIpc) is 3.02. The molecule has 0 N–H and O–H groups in total. The van der Waals surface area contributed by atoms with Gasteiger partial charge in [0.2, 0.25) is 0 Å². The van der Waals surface area contributed by atoms with Gasteiger partial charge in [0.05, 0.1) is 6.67 Å². The van der Waals surface area contributed by atoms with Crippen LogP contribution in [0.1, 0.15) is 0 Å². The van der Waals surface area contributed by atoms with Crippen molar-refractivity contribution in [1.82, 2.24) is 9.80 Å². The van der Waals surface area contributed by atoms with Crippen LogP contribution in [-0.2, 0) is 0 Å². The summed E-state index contributed by atoms with van der Waals surface area (Å²) in [5.41, 5.74) is 0. The largest absolute Gasteiger partial charge is 0.279 e. The van der Waals surface area contributed by atoms with E-state index >= 15 is 0 Å². The van der Waals surface area contributed by atoms with E-state index in [1.54, 1.807) is 0 Å². The standard InChI is InChI=1S/C13H16N2/c1-2-6-12(5-1)14-9-10-15(11-14)13-7-3-4-8-13/h1-8,12-13H,9-11H2. The zero-order valence-corrected chi connectivity index (χ0v) is 8.79. The summed E-state index contributed by atoms with van der Waals surface area (Å²) < 4.78 is 0. The van der Waals surface area contributed by atoms with Crippen LogP contribution in [0.25, 0.3) is 0 Å². The van der Waals surface area contributed by atoms with E-state index in [1.165, 1.54) is 13.1 Å². The SMILES string of the molecule is C1=CC(N2CCN(C3C=CC=C3)C2)C=C1. The second-order valence-corrected chi connectivity index (χ2v) is 4.29. The predicted molar refractivity (Wildman–Crippen MR) is 62.4 cm³/mol. The van der Waals surface area contributed by atoms with Crippen LogP contribution < -0.4 is 0 Å². The third-order valence-corrected chi connectivity index (χ3v) is 3.34. The van der Waals surface area contributed by atoms with Gasteiger partial charge in [0.25, 0.3) is 0 Å². The molecule has 0 bridgehead atoms. The van der Waals surface area contributed by atoms with Gasteiger partial charge in [-0.05, 0) is 0 Å². The number of rotatable bonds is 2. The van der Waals surface area contributed by atoms with Crippen LogP contribution in [0.2, 0.25) is 0 Å². The minimum atomic E-state index is 0.532. The number of nitrogens with zero attached hydrogens (tertiary/aromatic N) is 2. The summed E-state index contributed by atoms with van der Waals surface area (Å²) in [6, 6.07) is 1.06. The Kier molecular flexibility index (Phi) is 2.31. The van der Waals surface area contributed by atoms with Gasteiger partial charge in [-0.2, -0.15) is 0 Å². The Hall–Kier alpha value is -1.12. The van der Waals surface area contributed by atoms with Crippen molar-refractivity contribution in [3.8, 4) is 0 Å². The second-order valence-electron chi connectivity index (χ2n) is 4.29. The number of allylic oxidation sites excluding steroid dienone is 4. The van der Waals surface area contributed by atoms with E-state index in [4.69, 9.17) is 0 Å². The third kappa shape index (κ3) is 1.71. The minimum absolute atomic E-state index is 0.532. The zero-order chi connectivity index (χ0) is 10.1. The van der Waals surface area contributed by atoms with Gasteiger partial charge in [0, 0.05) is 25.2 Å². The van der Waals surface area contributed by atoms with E-state index in [9.17, 15) is 0 Å². The van der Waals surface area contributed by atoms with Gasteiger partial charge >= 0.3 is 0 Å². The molecule has 2 heteroatoms. The molecular weight excluding hydrogens is 184 g/mol. The van der Waals surface area contributed by atoms with Crippen molar-refractivity contribution in [2.24, 2.45) is 0 Å². The van der Waals surface area contributed by atoms with Crippen LogP contribution in [0.4, 0.5) is 0 Å². The van der Waals surface area contributed by atoms with E-state index in [2.05, 4.69) is 58.4 Å². The maximum absolute atomic E-state index is 2.51. The fourth-order valence-corrected chi connectivity index (χ4v) is 2.45. The summed E-state index contributed by atoms with van der Waals surface area (Å²) in [6.45, 7) is 3.44. The van der Waals surface area contributed by atoms with Crippen molar-refractivity contribution in [3.63, 3.8) is 0 Å². The molecule has 0 aromatic heterocycles. The van der Waals surface area contributed by atoms with Crippen LogP contribution in [0.15, 0.2) is 48.6 Å². The number of hydrogen-bond donors (Lipinski definition) is 0. The molecule has 0 unspecified atom stereocenters. The van der Waals surface area contributed by atoms with Crippen molar-refractivity contribution in [2.75, 3.05) is 19.8 Å². The van der Waals surface area contributed by atoms with Crippen LogP contribution in [0.5, 0.6) is 0 Å².